The van der Waals surface area contributed by atoms with Crippen LogP contribution in [0.15, 0.2) is 6.20 Å². The largest absolute Gasteiger partial charge is 0.319 e. The number of rotatable bonds is 4. The summed E-state index contributed by atoms with van der Waals surface area (Å²) in [5.74, 6) is 2.35. The summed E-state index contributed by atoms with van der Waals surface area (Å²) in [6.45, 7) is 7.64. The van der Waals surface area contributed by atoms with Gasteiger partial charge < -0.3 is 9.88 Å². The van der Waals surface area contributed by atoms with Gasteiger partial charge in [0.05, 0.1) is 6.20 Å². The van der Waals surface area contributed by atoms with Gasteiger partial charge in [-0.2, -0.15) is 0 Å². The molecule has 3 nitrogen and oxygen atoms in total. The molecule has 2 rings (SSSR count). The fourth-order valence-corrected chi connectivity index (χ4v) is 2.54. The summed E-state index contributed by atoms with van der Waals surface area (Å²) in [6, 6.07) is 0. The van der Waals surface area contributed by atoms with Crippen LogP contribution in [-0.4, -0.2) is 22.6 Å². The average Bonchev–Trinajstić information content (AvgIpc) is 2.84. The fraction of sp³-hybridized carbons (Fsp3) is 0.750. The smallest absolute Gasteiger partial charge is 0.128 e. The molecule has 0 spiro atoms. The fourth-order valence-electron chi connectivity index (χ4n) is 2.32. The zero-order valence-corrected chi connectivity index (χ0v) is 10.8. The van der Waals surface area contributed by atoms with Crippen LogP contribution in [0.3, 0.4) is 0 Å². The van der Waals surface area contributed by atoms with Crippen molar-refractivity contribution >= 4 is 11.6 Å². The summed E-state index contributed by atoms with van der Waals surface area (Å²) < 4.78 is 2.16. The SMILES string of the molecule is CC(C)c1ncc(Cl)n1CCC1CCNC1. The van der Waals surface area contributed by atoms with Crippen LogP contribution in [0.1, 0.15) is 38.4 Å². The van der Waals surface area contributed by atoms with E-state index in [2.05, 4.69) is 28.7 Å². The molecule has 1 fully saturated rings. The lowest BCUT2D eigenvalue weighted by atomic mass is 10.1. The van der Waals surface area contributed by atoms with Crippen LogP contribution >= 0.6 is 11.6 Å². The first-order chi connectivity index (χ1) is 7.68. The summed E-state index contributed by atoms with van der Waals surface area (Å²) in [6.07, 6.45) is 4.26. The Morgan fingerprint density at radius 3 is 3.06 bits per heavy atom. The van der Waals surface area contributed by atoms with Gasteiger partial charge in [0.2, 0.25) is 0 Å². The van der Waals surface area contributed by atoms with Gasteiger partial charge in [0.25, 0.3) is 0 Å². The van der Waals surface area contributed by atoms with E-state index < -0.39 is 0 Å². The van der Waals surface area contributed by atoms with E-state index in [0.29, 0.717) is 5.92 Å². The van der Waals surface area contributed by atoms with Gasteiger partial charge in [0.15, 0.2) is 0 Å². The van der Waals surface area contributed by atoms with Crippen molar-refractivity contribution < 1.29 is 0 Å². The molecular formula is C12H20ClN3. The molecule has 1 N–H and O–H groups in total. The van der Waals surface area contributed by atoms with Crippen molar-refractivity contribution in [3.63, 3.8) is 0 Å². The molecule has 1 saturated heterocycles. The van der Waals surface area contributed by atoms with Gasteiger partial charge in [-0.15, -0.1) is 0 Å². The summed E-state index contributed by atoms with van der Waals surface area (Å²) in [5.41, 5.74) is 0. The monoisotopic (exact) mass is 241 g/mol. The lowest BCUT2D eigenvalue weighted by molar-refractivity contribution is 0.468. The summed E-state index contributed by atoms with van der Waals surface area (Å²) >= 11 is 6.16. The lowest BCUT2D eigenvalue weighted by Crippen LogP contribution is -2.13. The quantitative estimate of drug-likeness (QED) is 0.879. The van der Waals surface area contributed by atoms with Crippen molar-refractivity contribution in [1.29, 1.82) is 0 Å². The highest BCUT2D eigenvalue weighted by Gasteiger charge is 2.17. The molecule has 0 saturated carbocycles. The Kier molecular flexibility index (Phi) is 3.87. The van der Waals surface area contributed by atoms with Crippen LogP contribution in [0.4, 0.5) is 0 Å². The van der Waals surface area contributed by atoms with Gasteiger partial charge in [-0.05, 0) is 31.8 Å². The molecule has 1 aliphatic rings. The molecule has 0 aromatic carbocycles. The molecule has 1 aromatic heterocycles. The molecule has 0 amide bonds. The Bertz CT molecular complexity index is 340. The second kappa shape index (κ2) is 5.19. The molecule has 4 heteroatoms. The molecule has 16 heavy (non-hydrogen) atoms. The van der Waals surface area contributed by atoms with E-state index in [0.717, 1.165) is 30.0 Å². The molecule has 1 unspecified atom stereocenters. The molecule has 90 valence electrons. The van der Waals surface area contributed by atoms with Crippen molar-refractivity contribution in [1.82, 2.24) is 14.9 Å². The van der Waals surface area contributed by atoms with Crippen molar-refractivity contribution in [2.75, 3.05) is 13.1 Å². The summed E-state index contributed by atoms with van der Waals surface area (Å²) in [5, 5.41) is 4.17. The average molecular weight is 242 g/mol. The molecular weight excluding hydrogens is 222 g/mol. The van der Waals surface area contributed by atoms with Gasteiger partial charge in [-0.3, -0.25) is 0 Å². The number of hydrogen-bond acceptors (Lipinski definition) is 2. The van der Waals surface area contributed by atoms with Crippen LogP contribution in [-0.2, 0) is 6.54 Å². The first kappa shape index (κ1) is 11.9. The first-order valence-electron chi connectivity index (χ1n) is 6.10. The van der Waals surface area contributed by atoms with Gasteiger partial charge in [0, 0.05) is 12.5 Å². The van der Waals surface area contributed by atoms with Crippen LogP contribution < -0.4 is 5.32 Å². The van der Waals surface area contributed by atoms with Crippen molar-refractivity contribution in [2.45, 2.75) is 39.2 Å². The topological polar surface area (TPSA) is 29.9 Å². The van der Waals surface area contributed by atoms with Gasteiger partial charge in [-0.1, -0.05) is 25.4 Å². The normalized spacial score (nSPS) is 20.9. The molecule has 1 aliphatic heterocycles. The highest BCUT2D eigenvalue weighted by molar-refractivity contribution is 6.29. The van der Waals surface area contributed by atoms with Gasteiger partial charge in [-0.25, -0.2) is 4.98 Å². The van der Waals surface area contributed by atoms with Crippen LogP contribution in [0.2, 0.25) is 5.15 Å². The Morgan fingerprint density at radius 2 is 2.44 bits per heavy atom. The van der Waals surface area contributed by atoms with E-state index in [1.165, 1.54) is 19.4 Å². The highest BCUT2D eigenvalue weighted by atomic mass is 35.5. The van der Waals surface area contributed by atoms with Gasteiger partial charge >= 0.3 is 0 Å². The van der Waals surface area contributed by atoms with E-state index in [9.17, 15) is 0 Å². The zero-order valence-electron chi connectivity index (χ0n) is 10.0. The summed E-state index contributed by atoms with van der Waals surface area (Å²) in [7, 11) is 0. The first-order valence-corrected chi connectivity index (χ1v) is 6.48. The molecule has 2 heterocycles. The Balaban J connectivity index is 1.99. The molecule has 0 bridgehead atoms. The van der Waals surface area contributed by atoms with Gasteiger partial charge in [0.1, 0.15) is 11.0 Å². The van der Waals surface area contributed by atoms with E-state index in [4.69, 9.17) is 11.6 Å². The Labute approximate surface area is 102 Å². The predicted octanol–water partition coefficient (Wildman–Crippen LogP) is 2.66. The molecule has 0 aliphatic carbocycles. The molecule has 1 aromatic rings. The van der Waals surface area contributed by atoms with Crippen LogP contribution in [0.25, 0.3) is 0 Å². The number of nitrogens with zero attached hydrogens (tertiary/aromatic N) is 2. The van der Waals surface area contributed by atoms with Crippen LogP contribution in [0.5, 0.6) is 0 Å². The number of nitrogens with one attached hydrogen (secondary N) is 1. The molecule has 1 atom stereocenters. The number of halogens is 1. The van der Waals surface area contributed by atoms with E-state index in [1.807, 2.05) is 0 Å². The lowest BCUT2D eigenvalue weighted by Gasteiger charge is -2.14. The van der Waals surface area contributed by atoms with Crippen molar-refractivity contribution in [3.05, 3.63) is 17.2 Å². The minimum atomic E-state index is 0.439. The standard InChI is InChI=1S/C12H20ClN3/c1-9(2)12-15-8-11(13)16(12)6-4-10-3-5-14-7-10/h8-10,14H,3-7H2,1-2H3. The van der Waals surface area contributed by atoms with Crippen LogP contribution in [0, 0.1) is 5.92 Å². The highest BCUT2D eigenvalue weighted by Crippen LogP contribution is 2.21. The predicted molar refractivity (Wildman–Crippen MR) is 66.9 cm³/mol. The third-order valence-corrected chi connectivity index (χ3v) is 3.58. The minimum Gasteiger partial charge on any atom is -0.319 e. The minimum absolute atomic E-state index is 0.439. The second-order valence-electron chi connectivity index (χ2n) is 4.89. The second-order valence-corrected chi connectivity index (χ2v) is 5.28. The van der Waals surface area contributed by atoms with Crippen molar-refractivity contribution in [2.24, 2.45) is 5.92 Å². The summed E-state index contributed by atoms with van der Waals surface area (Å²) in [4.78, 5) is 4.38. The third kappa shape index (κ3) is 2.58. The van der Waals surface area contributed by atoms with Crippen molar-refractivity contribution in [3.8, 4) is 0 Å². The maximum Gasteiger partial charge on any atom is 0.128 e. The maximum atomic E-state index is 6.16. The van der Waals surface area contributed by atoms with E-state index in [1.54, 1.807) is 6.20 Å². The number of hydrogen-bond donors (Lipinski definition) is 1. The zero-order chi connectivity index (χ0) is 11.5. The third-order valence-electron chi connectivity index (χ3n) is 3.28. The Morgan fingerprint density at radius 1 is 1.62 bits per heavy atom. The van der Waals surface area contributed by atoms with E-state index >= 15 is 0 Å². The number of aromatic nitrogens is 2. The number of imidazole rings is 1. The molecule has 0 radical (unpaired) electrons. The van der Waals surface area contributed by atoms with E-state index in [-0.39, 0.29) is 0 Å². The Hall–Kier alpha value is -0.540. The maximum absolute atomic E-state index is 6.16.